The van der Waals surface area contributed by atoms with Crippen molar-refractivity contribution < 1.29 is 35.3 Å². The van der Waals surface area contributed by atoms with Crippen LogP contribution in [-0.4, -0.2) is 54.3 Å². The molecule has 0 spiro atoms. The van der Waals surface area contributed by atoms with Gasteiger partial charge in [-0.2, -0.15) is 0 Å². The first-order valence-corrected chi connectivity index (χ1v) is 10.4. The van der Waals surface area contributed by atoms with Gasteiger partial charge in [0, 0.05) is 17.3 Å². The highest BCUT2D eigenvalue weighted by atomic mass is 16.5. The number of aromatic hydroxyl groups is 5. The number of aliphatic hydroxyl groups is 1. The Morgan fingerprint density at radius 1 is 0.818 bits per heavy atom. The Hall–Kier alpha value is -3.43. The van der Waals surface area contributed by atoms with Crippen LogP contribution in [0.4, 0.5) is 0 Å². The molecule has 33 heavy (non-hydrogen) atoms. The number of phenols is 5. The zero-order chi connectivity index (χ0) is 24.7. The van der Waals surface area contributed by atoms with Crippen molar-refractivity contribution in [1.82, 2.24) is 4.98 Å². The van der Waals surface area contributed by atoms with Gasteiger partial charge in [-0.25, -0.2) is 0 Å². The topological polar surface area (TPSA) is 144 Å². The number of hydrogen-bond acceptors (Lipinski definition) is 8. The summed E-state index contributed by atoms with van der Waals surface area (Å²) in [5.41, 5.74) is 1.30. The fourth-order valence-corrected chi connectivity index (χ4v) is 3.13. The molecule has 3 rings (SSSR count). The van der Waals surface area contributed by atoms with E-state index in [9.17, 15) is 30.6 Å². The summed E-state index contributed by atoms with van der Waals surface area (Å²) < 4.78 is 5.89. The van der Waals surface area contributed by atoms with Crippen molar-refractivity contribution in [3.05, 3.63) is 42.1 Å². The van der Waals surface area contributed by atoms with E-state index in [1.54, 1.807) is 26.8 Å². The van der Waals surface area contributed by atoms with Crippen molar-refractivity contribution in [3.8, 4) is 51.1 Å². The van der Waals surface area contributed by atoms with Crippen LogP contribution in [0.2, 0.25) is 0 Å². The Kier molecular flexibility index (Phi) is 6.24. The molecule has 3 aromatic rings. The zero-order valence-corrected chi connectivity index (χ0v) is 19.2. The highest BCUT2D eigenvalue weighted by Gasteiger charge is 2.35. The molecule has 0 amide bonds. The molecule has 0 aliphatic carbocycles. The van der Waals surface area contributed by atoms with Gasteiger partial charge in [-0.3, -0.25) is 4.98 Å². The first-order valence-electron chi connectivity index (χ1n) is 10.4. The third-order valence-corrected chi connectivity index (χ3v) is 6.07. The second kappa shape index (κ2) is 8.49. The Bertz CT molecular complexity index is 1160. The van der Waals surface area contributed by atoms with Gasteiger partial charge in [0.15, 0.2) is 11.5 Å². The van der Waals surface area contributed by atoms with Crippen LogP contribution in [0.15, 0.2) is 36.5 Å². The smallest absolute Gasteiger partial charge is 0.309 e. The number of pyridine rings is 1. The molecule has 0 radical (unpaired) electrons. The monoisotopic (exact) mass is 453 g/mol. The van der Waals surface area contributed by atoms with Crippen molar-refractivity contribution in [3.63, 3.8) is 0 Å². The van der Waals surface area contributed by atoms with Crippen LogP contribution in [0.5, 0.6) is 28.7 Å². The van der Waals surface area contributed by atoms with Crippen molar-refractivity contribution in [2.75, 3.05) is 0 Å². The highest BCUT2D eigenvalue weighted by molar-refractivity contribution is 6.47. The summed E-state index contributed by atoms with van der Waals surface area (Å²) in [7, 11) is 0.328. The van der Waals surface area contributed by atoms with E-state index >= 15 is 0 Å². The lowest BCUT2D eigenvalue weighted by molar-refractivity contribution is -0.0893. The molecule has 0 atom stereocenters. The van der Waals surface area contributed by atoms with Crippen LogP contribution in [0.25, 0.3) is 22.4 Å². The molecule has 0 aliphatic heterocycles. The van der Waals surface area contributed by atoms with E-state index in [0.29, 0.717) is 18.7 Å². The largest absolute Gasteiger partial charge is 0.504 e. The van der Waals surface area contributed by atoms with E-state index in [-0.39, 0.29) is 11.1 Å². The predicted molar refractivity (Wildman–Crippen MR) is 126 cm³/mol. The van der Waals surface area contributed by atoms with Gasteiger partial charge in [-0.15, -0.1) is 0 Å². The first-order chi connectivity index (χ1) is 15.2. The summed E-state index contributed by atoms with van der Waals surface area (Å²) in [6, 6.07) is 9.29. The van der Waals surface area contributed by atoms with Gasteiger partial charge in [0.25, 0.3) is 0 Å². The van der Waals surface area contributed by atoms with E-state index in [1.807, 2.05) is 38.1 Å². The van der Waals surface area contributed by atoms with Gasteiger partial charge in [-0.1, -0.05) is 29.7 Å². The number of aromatic nitrogens is 1. The van der Waals surface area contributed by atoms with Gasteiger partial charge < -0.3 is 35.3 Å². The summed E-state index contributed by atoms with van der Waals surface area (Å²) in [5.74, 6) is -4.41. The molecule has 0 saturated heterocycles. The molecule has 1 heterocycles. The SMILES string of the molecule is Cc1cc(-c2ccc(BOC(C)(C)C(C)(C)O)cc2)ncc1-c1c(O)c(O)c(O)c(O)c1O. The van der Waals surface area contributed by atoms with E-state index in [0.717, 1.165) is 11.0 Å². The van der Waals surface area contributed by atoms with Gasteiger partial charge >= 0.3 is 7.48 Å². The third-order valence-electron chi connectivity index (χ3n) is 6.07. The summed E-state index contributed by atoms with van der Waals surface area (Å²) >= 11 is 0. The molecule has 174 valence electrons. The average molecular weight is 453 g/mol. The van der Waals surface area contributed by atoms with Crippen molar-refractivity contribution in [2.45, 2.75) is 45.8 Å². The normalized spacial score (nSPS) is 12.1. The molecular weight excluding hydrogens is 425 g/mol. The lowest BCUT2D eigenvalue weighted by atomic mass is 9.82. The molecule has 0 aliphatic rings. The summed E-state index contributed by atoms with van der Waals surface area (Å²) in [4.78, 5) is 4.39. The fourth-order valence-electron chi connectivity index (χ4n) is 3.13. The maximum atomic E-state index is 10.2. The molecular formula is C24H28BNO7. The molecule has 1 aromatic heterocycles. The third kappa shape index (κ3) is 4.55. The second-order valence-corrected chi connectivity index (χ2v) is 9.06. The van der Waals surface area contributed by atoms with Crippen LogP contribution >= 0.6 is 0 Å². The minimum atomic E-state index is -1.01. The maximum Gasteiger partial charge on any atom is 0.309 e. The first kappa shape index (κ1) is 24.2. The van der Waals surface area contributed by atoms with Gasteiger partial charge in [0.1, 0.15) is 0 Å². The molecule has 6 N–H and O–H groups in total. The molecule has 0 saturated carbocycles. The Balaban J connectivity index is 1.87. The van der Waals surface area contributed by atoms with E-state index in [2.05, 4.69) is 4.98 Å². The number of benzene rings is 2. The number of phenolic OH excluding ortho intramolecular Hbond substituents is 5. The lowest BCUT2D eigenvalue weighted by Gasteiger charge is -2.37. The van der Waals surface area contributed by atoms with Gasteiger partial charge in [-0.05, 0) is 46.2 Å². The molecule has 9 heteroatoms. The average Bonchev–Trinajstić information content (AvgIpc) is 2.75. The second-order valence-electron chi connectivity index (χ2n) is 9.06. The van der Waals surface area contributed by atoms with Crippen molar-refractivity contribution >= 4 is 12.9 Å². The zero-order valence-electron chi connectivity index (χ0n) is 19.2. The predicted octanol–water partition coefficient (Wildman–Crippen LogP) is 2.79. The summed E-state index contributed by atoms with van der Waals surface area (Å²) in [5, 5.41) is 59.9. The molecule has 0 unspecified atom stereocenters. The summed E-state index contributed by atoms with van der Waals surface area (Å²) in [6.07, 6.45) is 1.40. The molecule has 2 aromatic carbocycles. The van der Waals surface area contributed by atoms with E-state index in [4.69, 9.17) is 4.65 Å². The standard InChI is InChI=1S/C24H28BNO7/c1-12-10-16(13-6-8-14(9-7-13)25-33-24(4,5)23(2,3)32)26-11-15(12)17-18(27)20(29)22(31)21(30)19(17)28/h6-11,25,27-32H,1-5H3. The highest BCUT2D eigenvalue weighted by Crippen LogP contribution is 2.55. The van der Waals surface area contributed by atoms with Crippen molar-refractivity contribution in [1.29, 1.82) is 0 Å². The Morgan fingerprint density at radius 2 is 1.33 bits per heavy atom. The Labute approximate surface area is 192 Å². The minimum Gasteiger partial charge on any atom is -0.504 e. The van der Waals surface area contributed by atoms with Crippen LogP contribution in [-0.2, 0) is 4.65 Å². The Morgan fingerprint density at radius 3 is 1.82 bits per heavy atom. The maximum absolute atomic E-state index is 10.2. The molecule has 8 nitrogen and oxygen atoms in total. The number of rotatable bonds is 6. The van der Waals surface area contributed by atoms with Crippen LogP contribution < -0.4 is 5.46 Å². The fraction of sp³-hybridized carbons (Fsp3) is 0.292. The minimum absolute atomic E-state index is 0.235. The number of aryl methyl sites for hydroxylation is 1. The van der Waals surface area contributed by atoms with Gasteiger partial charge in [0.05, 0.1) is 22.5 Å². The van der Waals surface area contributed by atoms with Crippen molar-refractivity contribution in [2.24, 2.45) is 0 Å². The lowest BCUT2D eigenvalue weighted by Crippen LogP contribution is -2.49. The number of nitrogens with zero attached hydrogens (tertiary/aromatic N) is 1. The van der Waals surface area contributed by atoms with E-state index < -0.39 is 39.9 Å². The van der Waals surface area contributed by atoms with Crippen LogP contribution in [0.1, 0.15) is 33.3 Å². The molecule has 0 fully saturated rings. The quantitative estimate of drug-likeness (QED) is 0.190. The van der Waals surface area contributed by atoms with Gasteiger partial charge in [0.2, 0.25) is 17.2 Å². The van der Waals surface area contributed by atoms with E-state index in [1.165, 1.54) is 6.20 Å². The summed E-state index contributed by atoms with van der Waals surface area (Å²) in [6.45, 7) is 8.79. The number of hydrogen-bond donors (Lipinski definition) is 6. The molecule has 0 bridgehead atoms. The van der Waals surface area contributed by atoms with Crippen LogP contribution in [0, 0.1) is 6.92 Å². The van der Waals surface area contributed by atoms with Crippen LogP contribution in [0.3, 0.4) is 0 Å².